The number of rotatable bonds is 9. The molecule has 0 bridgehead atoms. The molecule has 0 saturated heterocycles. The fourth-order valence-electron chi connectivity index (χ4n) is 3.34. The maximum Gasteiger partial charge on any atom is 0.119 e. The first-order chi connectivity index (χ1) is 13.2. The van der Waals surface area contributed by atoms with Gasteiger partial charge in [0.2, 0.25) is 0 Å². The first-order valence-corrected chi connectivity index (χ1v) is 10.6. The molecule has 0 spiro atoms. The molecule has 0 saturated carbocycles. The average molecular weight is 404 g/mol. The lowest BCUT2D eigenvalue weighted by atomic mass is 9.89. The van der Waals surface area contributed by atoms with Crippen LogP contribution in [0.1, 0.15) is 46.1 Å². The zero-order valence-electron chi connectivity index (χ0n) is 18.5. The summed E-state index contributed by atoms with van der Waals surface area (Å²) in [7, 11) is 4.15. The van der Waals surface area contributed by atoms with Crippen molar-refractivity contribution in [2.75, 3.05) is 20.7 Å². The van der Waals surface area contributed by atoms with E-state index in [2.05, 4.69) is 71.0 Å². The molecule has 0 aliphatic heterocycles. The minimum absolute atomic E-state index is 0.252. The van der Waals surface area contributed by atoms with Crippen LogP contribution in [0.4, 0.5) is 0 Å². The number of hydrogen-bond donors (Lipinski definition) is 0. The van der Waals surface area contributed by atoms with E-state index in [0.717, 1.165) is 25.1 Å². The van der Waals surface area contributed by atoms with E-state index in [9.17, 15) is 0 Å². The van der Waals surface area contributed by atoms with Gasteiger partial charge in [0.15, 0.2) is 0 Å². The first-order valence-electron chi connectivity index (χ1n) is 10.3. The fraction of sp³-hybridized carbons (Fsp3) is 0.520. The van der Waals surface area contributed by atoms with E-state index < -0.39 is 0 Å². The van der Waals surface area contributed by atoms with E-state index >= 15 is 0 Å². The monoisotopic (exact) mass is 403 g/mol. The molecule has 0 heterocycles. The summed E-state index contributed by atoms with van der Waals surface area (Å²) < 4.78 is 5.84. The normalized spacial score (nSPS) is 11.5. The van der Waals surface area contributed by atoms with Crippen molar-refractivity contribution in [2.45, 2.75) is 52.0 Å². The van der Waals surface area contributed by atoms with Crippen molar-refractivity contribution in [3.63, 3.8) is 0 Å². The van der Waals surface area contributed by atoms with Crippen LogP contribution in [0, 0.1) is 11.8 Å². The van der Waals surface area contributed by atoms with Crippen molar-refractivity contribution < 1.29 is 4.74 Å². The van der Waals surface area contributed by atoms with E-state index in [0.29, 0.717) is 18.4 Å². The standard InChI is InChI=1S/C16H25ClO.C9H13N/c1-13(2)10-16(17,11-14(3)4)12-18-15-8-6-5-7-9-15;1-10(2)8-9-6-4-3-5-7-9/h5-9,13-14H,10-12H2,1-4H3;3-7H,8H2,1-2H3. The highest BCUT2D eigenvalue weighted by Gasteiger charge is 2.30. The Morgan fingerprint density at radius 3 is 1.71 bits per heavy atom. The van der Waals surface area contributed by atoms with E-state index in [1.165, 1.54) is 5.56 Å². The molecule has 0 fully saturated rings. The van der Waals surface area contributed by atoms with Crippen molar-refractivity contribution in [2.24, 2.45) is 11.8 Å². The van der Waals surface area contributed by atoms with E-state index in [1.54, 1.807) is 0 Å². The number of ether oxygens (including phenoxy) is 1. The van der Waals surface area contributed by atoms with Crippen molar-refractivity contribution >= 4 is 11.6 Å². The highest BCUT2D eigenvalue weighted by Crippen LogP contribution is 2.32. The molecular formula is C25H38ClNO. The van der Waals surface area contributed by atoms with Gasteiger partial charge < -0.3 is 9.64 Å². The quantitative estimate of drug-likeness (QED) is 0.423. The summed E-state index contributed by atoms with van der Waals surface area (Å²) >= 11 is 6.75. The van der Waals surface area contributed by atoms with Crippen LogP contribution in [-0.4, -0.2) is 30.5 Å². The molecule has 156 valence electrons. The van der Waals surface area contributed by atoms with Crippen LogP contribution in [0.2, 0.25) is 0 Å². The molecule has 0 N–H and O–H groups in total. The lowest BCUT2D eigenvalue weighted by Gasteiger charge is -2.30. The lowest BCUT2D eigenvalue weighted by Crippen LogP contribution is -2.33. The number of nitrogens with zero attached hydrogens (tertiary/aromatic N) is 1. The van der Waals surface area contributed by atoms with Gasteiger partial charge in [-0.1, -0.05) is 76.2 Å². The Labute approximate surface area is 177 Å². The molecule has 0 amide bonds. The maximum atomic E-state index is 6.75. The highest BCUT2D eigenvalue weighted by molar-refractivity contribution is 6.24. The van der Waals surface area contributed by atoms with E-state index in [4.69, 9.17) is 16.3 Å². The molecule has 0 aliphatic rings. The van der Waals surface area contributed by atoms with Crippen LogP contribution in [0.5, 0.6) is 5.75 Å². The molecule has 0 atom stereocenters. The van der Waals surface area contributed by atoms with Gasteiger partial charge in [0.05, 0.1) is 4.87 Å². The SMILES string of the molecule is CC(C)CC(Cl)(COc1ccccc1)CC(C)C.CN(C)Cc1ccccc1. The molecule has 3 heteroatoms. The second-order valence-corrected chi connectivity index (χ2v) is 9.47. The van der Waals surface area contributed by atoms with Gasteiger partial charge in [0.1, 0.15) is 12.4 Å². The van der Waals surface area contributed by atoms with Gasteiger partial charge in [-0.05, 0) is 56.5 Å². The summed E-state index contributed by atoms with van der Waals surface area (Å²) in [5.74, 6) is 2.07. The second-order valence-electron chi connectivity index (χ2n) is 8.67. The highest BCUT2D eigenvalue weighted by atomic mass is 35.5. The minimum atomic E-state index is -0.252. The third-order valence-electron chi connectivity index (χ3n) is 4.13. The second kappa shape index (κ2) is 12.9. The average Bonchev–Trinajstić information content (AvgIpc) is 2.60. The van der Waals surface area contributed by atoms with Gasteiger partial charge >= 0.3 is 0 Å². The Kier molecular flexibility index (Phi) is 11.3. The molecule has 2 nitrogen and oxygen atoms in total. The van der Waals surface area contributed by atoms with Gasteiger partial charge in [-0.15, -0.1) is 11.6 Å². The fourth-order valence-corrected chi connectivity index (χ4v) is 4.01. The Hall–Kier alpha value is -1.51. The van der Waals surface area contributed by atoms with E-state index in [1.807, 2.05) is 36.4 Å². The third kappa shape index (κ3) is 11.4. The largest absolute Gasteiger partial charge is 0.492 e. The third-order valence-corrected chi connectivity index (χ3v) is 4.55. The van der Waals surface area contributed by atoms with Crippen molar-refractivity contribution in [1.29, 1.82) is 0 Å². The number of benzene rings is 2. The summed E-state index contributed by atoms with van der Waals surface area (Å²) in [5, 5.41) is 0. The topological polar surface area (TPSA) is 12.5 Å². The molecule has 0 radical (unpaired) electrons. The molecule has 28 heavy (non-hydrogen) atoms. The van der Waals surface area contributed by atoms with Gasteiger partial charge in [-0.25, -0.2) is 0 Å². The Morgan fingerprint density at radius 1 is 0.821 bits per heavy atom. The summed E-state index contributed by atoms with van der Waals surface area (Å²) in [6.07, 6.45) is 1.97. The van der Waals surface area contributed by atoms with Gasteiger partial charge in [-0.2, -0.15) is 0 Å². The zero-order valence-corrected chi connectivity index (χ0v) is 19.2. The van der Waals surface area contributed by atoms with Crippen LogP contribution in [0.15, 0.2) is 60.7 Å². The Bertz CT molecular complexity index is 616. The smallest absolute Gasteiger partial charge is 0.119 e. The van der Waals surface area contributed by atoms with E-state index in [-0.39, 0.29) is 4.87 Å². The number of alkyl halides is 1. The summed E-state index contributed by atoms with van der Waals surface area (Å²) in [5.41, 5.74) is 1.37. The van der Waals surface area contributed by atoms with Crippen LogP contribution >= 0.6 is 11.6 Å². The predicted octanol–water partition coefficient (Wildman–Crippen LogP) is 6.88. The first kappa shape index (κ1) is 24.5. The number of para-hydroxylation sites is 1. The summed E-state index contributed by atoms with van der Waals surface area (Å²) in [4.78, 5) is 1.91. The molecule has 2 rings (SSSR count). The molecule has 0 unspecified atom stereocenters. The van der Waals surface area contributed by atoms with Crippen molar-refractivity contribution in [3.8, 4) is 5.75 Å². The summed E-state index contributed by atoms with van der Waals surface area (Å²) in [6, 6.07) is 20.4. The maximum absolute atomic E-state index is 6.75. The zero-order chi connectivity index (χ0) is 21.0. The van der Waals surface area contributed by atoms with Crippen molar-refractivity contribution in [3.05, 3.63) is 66.2 Å². The number of hydrogen-bond acceptors (Lipinski definition) is 2. The van der Waals surface area contributed by atoms with Gasteiger partial charge in [-0.3, -0.25) is 0 Å². The Morgan fingerprint density at radius 2 is 1.29 bits per heavy atom. The van der Waals surface area contributed by atoms with Crippen LogP contribution in [-0.2, 0) is 6.54 Å². The molecule has 0 aromatic heterocycles. The van der Waals surface area contributed by atoms with Gasteiger partial charge in [0, 0.05) is 6.54 Å². The molecular weight excluding hydrogens is 366 g/mol. The Balaban J connectivity index is 0.000000330. The van der Waals surface area contributed by atoms with Crippen LogP contribution < -0.4 is 4.74 Å². The van der Waals surface area contributed by atoms with Gasteiger partial charge in [0.25, 0.3) is 0 Å². The lowest BCUT2D eigenvalue weighted by molar-refractivity contribution is 0.224. The van der Waals surface area contributed by atoms with Crippen LogP contribution in [0.25, 0.3) is 0 Å². The van der Waals surface area contributed by atoms with Crippen molar-refractivity contribution in [1.82, 2.24) is 4.90 Å². The summed E-state index contributed by atoms with van der Waals surface area (Å²) in [6.45, 7) is 10.4. The number of halogens is 1. The molecule has 0 aliphatic carbocycles. The molecule has 2 aromatic rings. The molecule has 2 aromatic carbocycles. The predicted molar refractivity (Wildman–Crippen MR) is 123 cm³/mol. The van der Waals surface area contributed by atoms with Crippen LogP contribution in [0.3, 0.4) is 0 Å². The minimum Gasteiger partial charge on any atom is -0.492 e.